The molecule has 0 aliphatic rings. The van der Waals surface area contributed by atoms with Crippen molar-refractivity contribution in [1.29, 1.82) is 0 Å². The summed E-state index contributed by atoms with van der Waals surface area (Å²) in [6.07, 6.45) is 0. The molecule has 2 aromatic rings. The van der Waals surface area contributed by atoms with Gasteiger partial charge >= 0.3 is 0 Å². The van der Waals surface area contributed by atoms with Gasteiger partial charge in [0.1, 0.15) is 5.82 Å². The van der Waals surface area contributed by atoms with E-state index in [-0.39, 0.29) is 10.6 Å². The zero-order valence-electron chi connectivity index (χ0n) is 9.84. The highest BCUT2D eigenvalue weighted by molar-refractivity contribution is 6.34. The Morgan fingerprint density at radius 1 is 1.44 bits per heavy atom. The summed E-state index contributed by atoms with van der Waals surface area (Å²) >= 11 is 5.75. The fourth-order valence-corrected chi connectivity index (χ4v) is 1.81. The topological polar surface area (TPSA) is 57.8 Å². The maximum atomic E-state index is 13.2. The van der Waals surface area contributed by atoms with Crippen molar-refractivity contribution in [2.24, 2.45) is 0 Å². The summed E-state index contributed by atoms with van der Waals surface area (Å²) in [6, 6.07) is 4.10. The van der Waals surface area contributed by atoms with Crippen LogP contribution in [0.4, 0.5) is 10.1 Å². The molecule has 1 aromatic carbocycles. The normalized spacial score (nSPS) is 10.4. The lowest BCUT2D eigenvalue weighted by Crippen LogP contribution is -2.14. The molecule has 94 valence electrons. The molecule has 0 radical (unpaired) electrons. The van der Waals surface area contributed by atoms with Crippen LogP contribution in [-0.2, 0) is 0 Å². The second-order valence-corrected chi connectivity index (χ2v) is 4.24. The number of anilines is 1. The fraction of sp³-hybridized carbons (Fsp3) is 0.167. The van der Waals surface area contributed by atoms with Gasteiger partial charge in [0.15, 0.2) is 0 Å². The molecule has 0 spiro atoms. The number of carbonyl (C=O) groups is 1. The molecule has 4 nitrogen and oxygen atoms in total. The third kappa shape index (κ3) is 2.22. The van der Waals surface area contributed by atoms with Crippen molar-refractivity contribution < 1.29 is 9.18 Å². The Kier molecular flexibility index (Phi) is 3.34. The van der Waals surface area contributed by atoms with Gasteiger partial charge in [0.25, 0.3) is 5.91 Å². The third-order valence-corrected chi connectivity index (χ3v) is 2.95. The number of nitrogens with one attached hydrogen (secondary N) is 2. The number of halogens is 2. The average Bonchev–Trinajstić information content (AvgIpc) is 2.64. The quantitative estimate of drug-likeness (QED) is 0.878. The number of rotatable bonds is 2. The Morgan fingerprint density at radius 3 is 2.78 bits per heavy atom. The van der Waals surface area contributed by atoms with E-state index in [1.807, 2.05) is 0 Å². The molecule has 1 aromatic heterocycles. The third-order valence-electron chi connectivity index (χ3n) is 2.56. The highest BCUT2D eigenvalue weighted by atomic mass is 35.5. The molecule has 0 saturated heterocycles. The lowest BCUT2D eigenvalue weighted by molar-refractivity contribution is 0.102. The molecular formula is C12H11ClFN3O. The smallest absolute Gasteiger partial charge is 0.257 e. The van der Waals surface area contributed by atoms with Crippen LogP contribution >= 0.6 is 11.6 Å². The van der Waals surface area contributed by atoms with E-state index in [0.717, 1.165) is 5.69 Å². The maximum absolute atomic E-state index is 13.2. The monoisotopic (exact) mass is 267 g/mol. The number of aryl methyl sites for hydroxylation is 2. The minimum atomic E-state index is -0.620. The molecule has 6 heteroatoms. The number of H-pyrrole nitrogens is 1. The van der Waals surface area contributed by atoms with Crippen molar-refractivity contribution in [2.75, 3.05) is 5.32 Å². The first-order chi connectivity index (χ1) is 8.50. The van der Waals surface area contributed by atoms with Crippen LogP contribution in [0.2, 0.25) is 5.02 Å². The van der Waals surface area contributed by atoms with Gasteiger partial charge in [-0.15, -0.1) is 0 Å². The van der Waals surface area contributed by atoms with E-state index in [4.69, 9.17) is 11.6 Å². The van der Waals surface area contributed by atoms with Crippen LogP contribution in [0.3, 0.4) is 0 Å². The molecule has 18 heavy (non-hydrogen) atoms. The predicted octanol–water partition coefficient (Wildman–Crippen LogP) is 3.07. The lowest BCUT2D eigenvalue weighted by atomic mass is 10.2. The van der Waals surface area contributed by atoms with Gasteiger partial charge in [-0.3, -0.25) is 9.89 Å². The Balaban J connectivity index is 2.31. The summed E-state index contributed by atoms with van der Waals surface area (Å²) in [7, 11) is 0. The molecule has 2 N–H and O–H groups in total. The van der Waals surface area contributed by atoms with Crippen LogP contribution in [0.5, 0.6) is 0 Å². The van der Waals surface area contributed by atoms with Crippen LogP contribution in [0.25, 0.3) is 0 Å². The molecule has 0 aliphatic heterocycles. The molecule has 1 heterocycles. The number of aromatic amines is 1. The zero-order valence-corrected chi connectivity index (χ0v) is 10.6. The standard InChI is InChI=1S/C12H11ClFN3O/c1-6-11(7(2)17-16-6)15-12(18)8-4-3-5-9(14)10(8)13/h3-5H,1-2H3,(H,15,18)(H,16,17). The van der Waals surface area contributed by atoms with Crippen molar-refractivity contribution >= 4 is 23.2 Å². The molecular weight excluding hydrogens is 257 g/mol. The summed E-state index contributed by atoms with van der Waals surface area (Å²) in [4.78, 5) is 12.0. The highest BCUT2D eigenvalue weighted by Crippen LogP contribution is 2.22. The van der Waals surface area contributed by atoms with Crippen LogP contribution in [0.1, 0.15) is 21.7 Å². The minimum Gasteiger partial charge on any atom is -0.319 e. The number of nitrogens with zero attached hydrogens (tertiary/aromatic N) is 1. The van der Waals surface area contributed by atoms with Crippen molar-refractivity contribution in [3.63, 3.8) is 0 Å². The molecule has 0 fully saturated rings. The van der Waals surface area contributed by atoms with Gasteiger partial charge in [-0.2, -0.15) is 5.10 Å². The Morgan fingerprint density at radius 2 is 2.17 bits per heavy atom. The van der Waals surface area contributed by atoms with E-state index in [0.29, 0.717) is 11.4 Å². The molecule has 0 unspecified atom stereocenters. The van der Waals surface area contributed by atoms with Crippen molar-refractivity contribution in [3.05, 3.63) is 46.0 Å². The van der Waals surface area contributed by atoms with Gasteiger partial charge in [-0.1, -0.05) is 17.7 Å². The van der Waals surface area contributed by atoms with E-state index in [1.165, 1.54) is 18.2 Å². The summed E-state index contributed by atoms with van der Waals surface area (Å²) in [6.45, 7) is 3.54. The number of carbonyl (C=O) groups excluding carboxylic acids is 1. The van der Waals surface area contributed by atoms with Gasteiger partial charge in [0.05, 0.1) is 27.7 Å². The Hall–Kier alpha value is -1.88. The number of hydrogen-bond acceptors (Lipinski definition) is 2. The second kappa shape index (κ2) is 4.78. The van der Waals surface area contributed by atoms with Gasteiger partial charge in [-0.05, 0) is 26.0 Å². The SMILES string of the molecule is Cc1n[nH]c(C)c1NC(=O)c1cccc(F)c1Cl. The van der Waals surface area contributed by atoms with E-state index in [1.54, 1.807) is 13.8 Å². The van der Waals surface area contributed by atoms with E-state index < -0.39 is 11.7 Å². The molecule has 0 atom stereocenters. The first-order valence-electron chi connectivity index (χ1n) is 5.27. The van der Waals surface area contributed by atoms with Gasteiger partial charge in [0.2, 0.25) is 0 Å². The Bertz CT molecular complexity index is 590. The van der Waals surface area contributed by atoms with Crippen molar-refractivity contribution in [1.82, 2.24) is 10.2 Å². The van der Waals surface area contributed by atoms with Crippen molar-refractivity contribution in [3.8, 4) is 0 Å². The molecule has 2 rings (SSSR count). The van der Waals surface area contributed by atoms with Crippen LogP contribution < -0.4 is 5.32 Å². The van der Waals surface area contributed by atoms with E-state index in [9.17, 15) is 9.18 Å². The van der Waals surface area contributed by atoms with Crippen LogP contribution in [-0.4, -0.2) is 16.1 Å². The van der Waals surface area contributed by atoms with Gasteiger partial charge < -0.3 is 5.32 Å². The Labute approximate surface area is 108 Å². The number of hydrogen-bond donors (Lipinski definition) is 2. The van der Waals surface area contributed by atoms with Crippen molar-refractivity contribution in [2.45, 2.75) is 13.8 Å². The van der Waals surface area contributed by atoms with Crippen LogP contribution in [0.15, 0.2) is 18.2 Å². The van der Waals surface area contributed by atoms with Gasteiger partial charge in [-0.25, -0.2) is 4.39 Å². The average molecular weight is 268 g/mol. The maximum Gasteiger partial charge on any atom is 0.257 e. The summed E-state index contributed by atoms with van der Waals surface area (Å²) < 4.78 is 13.2. The first-order valence-corrected chi connectivity index (χ1v) is 5.65. The van der Waals surface area contributed by atoms with E-state index in [2.05, 4.69) is 15.5 Å². The first kappa shape index (κ1) is 12.6. The lowest BCUT2D eigenvalue weighted by Gasteiger charge is -2.07. The zero-order chi connectivity index (χ0) is 13.3. The van der Waals surface area contributed by atoms with E-state index >= 15 is 0 Å². The summed E-state index contributed by atoms with van der Waals surface area (Å²) in [5.74, 6) is -1.09. The molecule has 1 amide bonds. The molecule has 0 saturated carbocycles. The number of amides is 1. The van der Waals surface area contributed by atoms with Gasteiger partial charge in [0, 0.05) is 0 Å². The number of benzene rings is 1. The predicted molar refractivity (Wildman–Crippen MR) is 67.4 cm³/mol. The minimum absolute atomic E-state index is 0.0941. The molecule has 0 aliphatic carbocycles. The summed E-state index contributed by atoms with van der Waals surface area (Å²) in [5, 5.41) is 9.18. The second-order valence-electron chi connectivity index (χ2n) is 3.86. The van der Waals surface area contributed by atoms with Crippen LogP contribution in [0, 0.1) is 19.7 Å². The largest absolute Gasteiger partial charge is 0.319 e. The number of aromatic nitrogens is 2. The fourth-order valence-electron chi connectivity index (χ4n) is 1.60. The molecule has 0 bridgehead atoms. The highest BCUT2D eigenvalue weighted by Gasteiger charge is 2.16. The summed E-state index contributed by atoms with van der Waals surface area (Å²) in [5.41, 5.74) is 2.07.